The average Bonchev–Trinajstić information content (AvgIpc) is 2.47. The first-order valence-corrected chi connectivity index (χ1v) is 6.91. The van der Waals surface area contributed by atoms with Gasteiger partial charge in [-0.15, -0.1) is 0 Å². The Morgan fingerprint density at radius 2 is 1.90 bits per heavy atom. The molecule has 1 unspecified atom stereocenters. The highest BCUT2D eigenvalue weighted by Gasteiger charge is 2.16. The highest BCUT2D eigenvalue weighted by molar-refractivity contribution is 5.55. The molecule has 0 amide bonds. The highest BCUT2D eigenvalue weighted by atomic mass is 19.1. The van der Waals surface area contributed by atoms with Crippen molar-refractivity contribution in [3.63, 3.8) is 0 Å². The summed E-state index contributed by atoms with van der Waals surface area (Å²) in [6.07, 6.45) is 0. The summed E-state index contributed by atoms with van der Waals surface area (Å²) in [5.41, 5.74) is 8.29. The number of methoxy groups -OCH3 is 1. The number of ether oxygens (including phenoxy) is 1. The highest BCUT2D eigenvalue weighted by Crippen LogP contribution is 2.29. The molecule has 3 nitrogen and oxygen atoms in total. The molecular weight excluding hydrogens is 267 g/mol. The third-order valence-electron chi connectivity index (χ3n) is 3.50. The maximum atomic E-state index is 14.0. The molecule has 0 aliphatic rings. The Labute approximate surface area is 125 Å². The van der Waals surface area contributed by atoms with Crippen LogP contribution >= 0.6 is 0 Å². The van der Waals surface area contributed by atoms with Crippen LogP contribution in [0.3, 0.4) is 0 Å². The summed E-state index contributed by atoms with van der Waals surface area (Å²) < 4.78 is 19.4. The Bertz CT molecular complexity index is 613. The van der Waals surface area contributed by atoms with Gasteiger partial charge in [0.25, 0.3) is 0 Å². The summed E-state index contributed by atoms with van der Waals surface area (Å²) in [7, 11) is 3.57. The van der Waals surface area contributed by atoms with Gasteiger partial charge in [0.1, 0.15) is 11.6 Å². The van der Waals surface area contributed by atoms with Crippen molar-refractivity contribution in [2.45, 2.75) is 19.5 Å². The van der Waals surface area contributed by atoms with Crippen molar-refractivity contribution >= 4 is 5.69 Å². The SMILES string of the molecule is COc1ccccc1CN(C)c1cccc(F)c1C(C)N. The van der Waals surface area contributed by atoms with Gasteiger partial charge >= 0.3 is 0 Å². The van der Waals surface area contributed by atoms with Gasteiger partial charge in [-0.2, -0.15) is 0 Å². The smallest absolute Gasteiger partial charge is 0.130 e. The van der Waals surface area contributed by atoms with E-state index in [2.05, 4.69) is 0 Å². The zero-order valence-electron chi connectivity index (χ0n) is 12.6. The van der Waals surface area contributed by atoms with Gasteiger partial charge < -0.3 is 15.4 Å². The molecule has 0 aliphatic heterocycles. The van der Waals surface area contributed by atoms with E-state index in [0.29, 0.717) is 12.1 Å². The molecule has 0 aromatic heterocycles. The fraction of sp³-hybridized carbons (Fsp3) is 0.294. The summed E-state index contributed by atoms with van der Waals surface area (Å²) in [6.45, 7) is 2.41. The second-order valence-electron chi connectivity index (χ2n) is 5.13. The van der Waals surface area contributed by atoms with Crippen LogP contribution in [-0.2, 0) is 6.54 Å². The van der Waals surface area contributed by atoms with E-state index in [4.69, 9.17) is 10.5 Å². The molecule has 1 atom stereocenters. The third kappa shape index (κ3) is 3.34. The van der Waals surface area contributed by atoms with E-state index in [9.17, 15) is 4.39 Å². The monoisotopic (exact) mass is 288 g/mol. The van der Waals surface area contributed by atoms with Crippen molar-refractivity contribution in [2.75, 3.05) is 19.1 Å². The van der Waals surface area contributed by atoms with E-state index < -0.39 is 0 Å². The molecule has 0 radical (unpaired) electrons. The van der Waals surface area contributed by atoms with E-state index in [1.165, 1.54) is 6.07 Å². The van der Waals surface area contributed by atoms with Crippen LogP contribution in [0.5, 0.6) is 5.75 Å². The molecular formula is C17H21FN2O. The average molecular weight is 288 g/mol. The molecule has 0 aliphatic carbocycles. The molecule has 0 bridgehead atoms. The summed E-state index contributed by atoms with van der Waals surface area (Å²) in [5.74, 6) is 0.553. The lowest BCUT2D eigenvalue weighted by atomic mass is 10.0. The molecule has 2 rings (SSSR count). The molecule has 0 saturated heterocycles. The van der Waals surface area contributed by atoms with Gasteiger partial charge in [0.05, 0.1) is 7.11 Å². The fourth-order valence-electron chi connectivity index (χ4n) is 2.48. The van der Waals surface area contributed by atoms with Gasteiger partial charge in [-0.25, -0.2) is 4.39 Å². The molecule has 21 heavy (non-hydrogen) atoms. The Hall–Kier alpha value is -2.07. The van der Waals surface area contributed by atoms with Crippen LogP contribution in [0.25, 0.3) is 0 Å². The van der Waals surface area contributed by atoms with Crippen LogP contribution in [0, 0.1) is 5.82 Å². The molecule has 0 spiro atoms. The Balaban J connectivity index is 2.33. The summed E-state index contributed by atoms with van der Waals surface area (Å²) in [4.78, 5) is 1.99. The first-order valence-electron chi connectivity index (χ1n) is 6.91. The number of hydrogen-bond acceptors (Lipinski definition) is 3. The van der Waals surface area contributed by atoms with Crippen LogP contribution in [0.2, 0.25) is 0 Å². The second-order valence-corrected chi connectivity index (χ2v) is 5.13. The predicted molar refractivity (Wildman–Crippen MR) is 84.1 cm³/mol. The molecule has 4 heteroatoms. The minimum Gasteiger partial charge on any atom is -0.496 e. The number of halogens is 1. The van der Waals surface area contributed by atoms with Gasteiger partial charge in [0.15, 0.2) is 0 Å². The van der Waals surface area contributed by atoms with Crippen LogP contribution in [0.4, 0.5) is 10.1 Å². The topological polar surface area (TPSA) is 38.5 Å². The van der Waals surface area contributed by atoms with Crippen molar-refractivity contribution in [1.29, 1.82) is 0 Å². The van der Waals surface area contributed by atoms with Crippen molar-refractivity contribution in [3.8, 4) is 5.75 Å². The summed E-state index contributed by atoms with van der Waals surface area (Å²) >= 11 is 0. The molecule has 2 aromatic rings. The first-order chi connectivity index (χ1) is 10.0. The Morgan fingerprint density at radius 1 is 1.19 bits per heavy atom. The number of anilines is 1. The molecule has 112 valence electrons. The minimum atomic E-state index is -0.360. The maximum absolute atomic E-state index is 14.0. The number of hydrogen-bond donors (Lipinski definition) is 1. The number of rotatable bonds is 5. The van der Waals surface area contributed by atoms with Crippen molar-refractivity contribution < 1.29 is 9.13 Å². The standard InChI is InChI=1S/C17H21FN2O/c1-12(19)17-14(18)8-6-9-15(17)20(2)11-13-7-4-5-10-16(13)21-3/h4-10,12H,11,19H2,1-3H3. The van der Waals surface area contributed by atoms with E-state index in [-0.39, 0.29) is 11.9 Å². The van der Waals surface area contributed by atoms with Gasteiger partial charge in [0.2, 0.25) is 0 Å². The van der Waals surface area contributed by atoms with E-state index in [0.717, 1.165) is 17.0 Å². The molecule has 2 N–H and O–H groups in total. The van der Waals surface area contributed by atoms with E-state index in [1.807, 2.05) is 42.3 Å². The zero-order chi connectivity index (χ0) is 15.4. The van der Waals surface area contributed by atoms with Crippen molar-refractivity contribution in [3.05, 3.63) is 59.4 Å². The second kappa shape index (κ2) is 6.59. The Kier molecular flexibility index (Phi) is 4.81. The van der Waals surface area contributed by atoms with Gasteiger partial charge in [0, 0.05) is 36.4 Å². The van der Waals surface area contributed by atoms with Gasteiger partial charge in [-0.3, -0.25) is 0 Å². The molecule has 0 fully saturated rings. The van der Waals surface area contributed by atoms with E-state index >= 15 is 0 Å². The number of para-hydroxylation sites is 1. The van der Waals surface area contributed by atoms with E-state index in [1.54, 1.807) is 20.1 Å². The quantitative estimate of drug-likeness (QED) is 0.915. The van der Waals surface area contributed by atoms with Crippen molar-refractivity contribution in [1.82, 2.24) is 0 Å². The first kappa shape index (κ1) is 15.3. The summed E-state index contributed by atoms with van der Waals surface area (Å²) in [5, 5.41) is 0. The predicted octanol–water partition coefficient (Wildman–Crippen LogP) is 3.49. The zero-order valence-corrected chi connectivity index (χ0v) is 12.6. The molecule has 2 aromatic carbocycles. The van der Waals surface area contributed by atoms with Crippen LogP contribution in [0.1, 0.15) is 24.1 Å². The normalized spacial score (nSPS) is 12.0. The summed E-state index contributed by atoms with van der Waals surface area (Å²) in [6, 6.07) is 12.5. The fourth-order valence-corrected chi connectivity index (χ4v) is 2.48. The molecule has 0 saturated carbocycles. The number of nitrogens with zero attached hydrogens (tertiary/aromatic N) is 1. The van der Waals surface area contributed by atoms with Gasteiger partial charge in [-0.1, -0.05) is 24.3 Å². The maximum Gasteiger partial charge on any atom is 0.130 e. The van der Waals surface area contributed by atoms with Crippen molar-refractivity contribution in [2.24, 2.45) is 5.73 Å². The van der Waals surface area contributed by atoms with Crippen LogP contribution < -0.4 is 15.4 Å². The number of nitrogens with two attached hydrogens (primary N) is 1. The lowest BCUT2D eigenvalue weighted by molar-refractivity contribution is 0.409. The van der Waals surface area contributed by atoms with Crippen LogP contribution in [0.15, 0.2) is 42.5 Å². The number of benzene rings is 2. The largest absolute Gasteiger partial charge is 0.496 e. The third-order valence-corrected chi connectivity index (χ3v) is 3.50. The minimum absolute atomic E-state index is 0.269. The lowest BCUT2D eigenvalue weighted by Crippen LogP contribution is -2.21. The lowest BCUT2D eigenvalue weighted by Gasteiger charge is -2.25. The van der Waals surface area contributed by atoms with Crippen LogP contribution in [-0.4, -0.2) is 14.2 Å². The van der Waals surface area contributed by atoms with Gasteiger partial charge in [-0.05, 0) is 25.1 Å². The Morgan fingerprint density at radius 3 is 2.57 bits per heavy atom. The molecule has 0 heterocycles.